The summed E-state index contributed by atoms with van der Waals surface area (Å²) in [5.74, 6) is 0. The number of allylic oxidation sites excluding steroid dienone is 3. The molecule has 0 atom stereocenters. The van der Waals surface area contributed by atoms with E-state index < -0.39 is 6.09 Å². The third-order valence-corrected chi connectivity index (χ3v) is 1.75. The number of hydrogen-bond donors (Lipinski definition) is 1. The summed E-state index contributed by atoms with van der Waals surface area (Å²) in [6.07, 6.45) is 5.36. The Hall–Kier alpha value is -1.25. The van der Waals surface area contributed by atoms with Crippen LogP contribution in [0.25, 0.3) is 0 Å². The quantitative estimate of drug-likeness (QED) is 0.689. The molecule has 2 N–H and O–H groups in total. The van der Waals surface area contributed by atoms with Crippen molar-refractivity contribution >= 4 is 6.09 Å². The van der Waals surface area contributed by atoms with Crippen LogP contribution in [-0.2, 0) is 4.74 Å². The van der Waals surface area contributed by atoms with Gasteiger partial charge in [0.05, 0.1) is 0 Å². The zero-order valence-electron chi connectivity index (χ0n) is 9.17. The average Bonchev–Trinajstić information content (AvgIpc) is 2.02. The summed E-state index contributed by atoms with van der Waals surface area (Å²) in [5.41, 5.74) is 7.36. The van der Waals surface area contributed by atoms with Crippen LogP contribution in [0.1, 0.15) is 33.6 Å². The lowest BCUT2D eigenvalue weighted by Crippen LogP contribution is -2.12. The highest BCUT2D eigenvalue weighted by Gasteiger charge is 1.91. The standard InChI is InChI=1S/C11H19NO2/c1-9(2)5-4-6-10(3)7-8-14-11(12)13/h5,7H,4,6,8H2,1-3H3,(H2,12,13)/b10-7+. The smallest absolute Gasteiger partial charge is 0.404 e. The fraction of sp³-hybridized carbons (Fsp3) is 0.545. The maximum Gasteiger partial charge on any atom is 0.404 e. The van der Waals surface area contributed by atoms with Crippen molar-refractivity contribution in [2.45, 2.75) is 33.6 Å². The molecule has 0 spiro atoms. The van der Waals surface area contributed by atoms with Gasteiger partial charge in [0, 0.05) is 0 Å². The molecule has 14 heavy (non-hydrogen) atoms. The first-order chi connectivity index (χ1) is 6.52. The van der Waals surface area contributed by atoms with E-state index in [0.717, 1.165) is 12.8 Å². The summed E-state index contributed by atoms with van der Waals surface area (Å²) < 4.78 is 4.59. The highest BCUT2D eigenvalue weighted by molar-refractivity contribution is 5.64. The molecule has 0 aromatic heterocycles. The molecule has 0 aliphatic heterocycles. The molecule has 0 heterocycles. The Morgan fingerprint density at radius 3 is 2.43 bits per heavy atom. The molecular weight excluding hydrogens is 178 g/mol. The van der Waals surface area contributed by atoms with E-state index >= 15 is 0 Å². The van der Waals surface area contributed by atoms with Crippen LogP contribution in [0.2, 0.25) is 0 Å². The van der Waals surface area contributed by atoms with Crippen molar-refractivity contribution in [1.29, 1.82) is 0 Å². The van der Waals surface area contributed by atoms with Crippen molar-refractivity contribution in [1.82, 2.24) is 0 Å². The van der Waals surface area contributed by atoms with Crippen LogP contribution in [0.5, 0.6) is 0 Å². The van der Waals surface area contributed by atoms with E-state index in [0.29, 0.717) is 0 Å². The lowest BCUT2D eigenvalue weighted by atomic mass is 10.1. The van der Waals surface area contributed by atoms with Gasteiger partial charge in [-0.15, -0.1) is 0 Å². The van der Waals surface area contributed by atoms with Crippen molar-refractivity contribution in [3.63, 3.8) is 0 Å². The van der Waals surface area contributed by atoms with Crippen molar-refractivity contribution < 1.29 is 9.53 Å². The highest BCUT2D eigenvalue weighted by Crippen LogP contribution is 2.06. The summed E-state index contributed by atoms with van der Waals surface area (Å²) in [4.78, 5) is 10.2. The monoisotopic (exact) mass is 197 g/mol. The second kappa shape index (κ2) is 7.18. The molecule has 0 unspecified atom stereocenters. The molecule has 0 saturated heterocycles. The van der Waals surface area contributed by atoms with Gasteiger partial charge in [-0.05, 0) is 39.7 Å². The summed E-state index contributed by atoms with van der Waals surface area (Å²) >= 11 is 0. The Morgan fingerprint density at radius 2 is 1.93 bits per heavy atom. The molecule has 0 aliphatic carbocycles. The number of nitrogens with two attached hydrogens (primary N) is 1. The second-order valence-electron chi connectivity index (χ2n) is 3.50. The van der Waals surface area contributed by atoms with Crippen LogP contribution in [0.3, 0.4) is 0 Å². The maximum atomic E-state index is 10.2. The first kappa shape index (κ1) is 12.8. The first-order valence-corrected chi connectivity index (χ1v) is 4.73. The molecule has 0 aromatic carbocycles. The van der Waals surface area contributed by atoms with Crippen molar-refractivity contribution in [2.75, 3.05) is 6.61 Å². The lowest BCUT2D eigenvalue weighted by molar-refractivity contribution is 0.169. The van der Waals surface area contributed by atoms with E-state index in [2.05, 4.69) is 24.7 Å². The molecular formula is C11H19NO2. The lowest BCUT2D eigenvalue weighted by Gasteiger charge is -1.99. The fourth-order valence-corrected chi connectivity index (χ4v) is 0.957. The molecule has 0 fully saturated rings. The zero-order valence-corrected chi connectivity index (χ0v) is 9.17. The third-order valence-electron chi connectivity index (χ3n) is 1.75. The van der Waals surface area contributed by atoms with Crippen LogP contribution in [0.15, 0.2) is 23.3 Å². The maximum absolute atomic E-state index is 10.2. The molecule has 0 saturated carbocycles. The highest BCUT2D eigenvalue weighted by atomic mass is 16.5. The van der Waals surface area contributed by atoms with E-state index in [9.17, 15) is 4.79 Å². The van der Waals surface area contributed by atoms with Crippen LogP contribution in [0, 0.1) is 0 Å². The summed E-state index contributed by atoms with van der Waals surface area (Å²) in [6.45, 7) is 6.45. The van der Waals surface area contributed by atoms with Gasteiger partial charge >= 0.3 is 6.09 Å². The summed E-state index contributed by atoms with van der Waals surface area (Å²) in [5, 5.41) is 0. The molecule has 0 aromatic rings. The minimum atomic E-state index is -0.724. The van der Waals surface area contributed by atoms with E-state index in [-0.39, 0.29) is 6.61 Å². The van der Waals surface area contributed by atoms with Gasteiger partial charge in [0.25, 0.3) is 0 Å². The number of carbonyl (C=O) groups is 1. The molecule has 80 valence electrons. The summed E-state index contributed by atoms with van der Waals surface area (Å²) in [7, 11) is 0. The zero-order chi connectivity index (χ0) is 11.0. The molecule has 3 nitrogen and oxygen atoms in total. The van der Waals surface area contributed by atoms with Gasteiger partial charge in [0.15, 0.2) is 0 Å². The van der Waals surface area contributed by atoms with Crippen molar-refractivity contribution in [3.05, 3.63) is 23.3 Å². The second-order valence-corrected chi connectivity index (χ2v) is 3.50. The van der Waals surface area contributed by atoms with Gasteiger partial charge in [-0.2, -0.15) is 0 Å². The summed E-state index contributed by atoms with van der Waals surface area (Å²) in [6, 6.07) is 0. The SMILES string of the molecule is CC(C)=CCC/C(C)=C/COC(N)=O. The van der Waals surface area contributed by atoms with Gasteiger partial charge in [0.1, 0.15) is 6.61 Å². The molecule has 0 bridgehead atoms. The predicted octanol–water partition coefficient (Wildman–Crippen LogP) is 2.77. The van der Waals surface area contributed by atoms with Gasteiger partial charge in [-0.25, -0.2) is 4.79 Å². The fourth-order valence-electron chi connectivity index (χ4n) is 0.957. The topological polar surface area (TPSA) is 52.3 Å². The third kappa shape index (κ3) is 8.84. The Morgan fingerprint density at radius 1 is 1.29 bits per heavy atom. The Labute approximate surface area is 85.6 Å². The van der Waals surface area contributed by atoms with Crippen LogP contribution in [0.4, 0.5) is 4.79 Å². The number of amides is 1. The molecule has 1 amide bonds. The number of carbonyl (C=O) groups excluding carboxylic acids is 1. The molecule has 0 aliphatic rings. The van der Waals surface area contributed by atoms with Crippen LogP contribution in [-0.4, -0.2) is 12.7 Å². The van der Waals surface area contributed by atoms with Crippen LogP contribution >= 0.6 is 0 Å². The normalized spacial score (nSPS) is 10.9. The first-order valence-electron chi connectivity index (χ1n) is 4.73. The molecule has 3 heteroatoms. The van der Waals surface area contributed by atoms with Gasteiger partial charge < -0.3 is 10.5 Å². The van der Waals surface area contributed by atoms with Gasteiger partial charge in [0.2, 0.25) is 0 Å². The number of rotatable bonds is 5. The van der Waals surface area contributed by atoms with E-state index in [4.69, 9.17) is 5.73 Å². The number of ether oxygens (including phenoxy) is 1. The van der Waals surface area contributed by atoms with E-state index in [1.165, 1.54) is 11.1 Å². The minimum absolute atomic E-state index is 0.274. The molecule has 0 radical (unpaired) electrons. The Bertz CT molecular complexity index is 238. The number of hydrogen-bond acceptors (Lipinski definition) is 2. The van der Waals surface area contributed by atoms with Gasteiger partial charge in [-0.1, -0.05) is 17.2 Å². The predicted molar refractivity (Wildman–Crippen MR) is 58.0 cm³/mol. The largest absolute Gasteiger partial charge is 0.445 e. The minimum Gasteiger partial charge on any atom is -0.445 e. The van der Waals surface area contributed by atoms with Crippen molar-refractivity contribution in [3.8, 4) is 0 Å². The number of primary amides is 1. The van der Waals surface area contributed by atoms with E-state index in [1.807, 2.05) is 13.0 Å². The Kier molecular flexibility index (Phi) is 6.54. The van der Waals surface area contributed by atoms with Gasteiger partial charge in [-0.3, -0.25) is 0 Å². The van der Waals surface area contributed by atoms with Crippen LogP contribution < -0.4 is 5.73 Å². The van der Waals surface area contributed by atoms with Crippen molar-refractivity contribution in [2.24, 2.45) is 5.73 Å². The van der Waals surface area contributed by atoms with E-state index in [1.54, 1.807) is 0 Å². The average molecular weight is 197 g/mol. The molecule has 0 rings (SSSR count). The Balaban J connectivity index is 3.67.